The molecule has 1 aromatic rings. The fourth-order valence-corrected chi connectivity index (χ4v) is 2.08. The van der Waals surface area contributed by atoms with Crippen LogP contribution in [0.25, 0.3) is 0 Å². The third-order valence-electron chi connectivity index (χ3n) is 2.92. The maximum Gasteiger partial charge on any atom is 0.319 e. The zero-order valence-electron chi connectivity index (χ0n) is 11.5. The highest BCUT2D eigenvalue weighted by atomic mass is 79.9. The van der Waals surface area contributed by atoms with E-state index in [1.807, 2.05) is 24.3 Å². The Kier molecular flexibility index (Phi) is 8.30. The van der Waals surface area contributed by atoms with Crippen molar-refractivity contribution >= 4 is 27.6 Å². The van der Waals surface area contributed by atoms with E-state index in [1.165, 1.54) is 32.1 Å². The third kappa shape index (κ3) is 7.88. The second kappa shape index (κ2) is 9.84. The normalized spacial score (nSPS) is 10.2. The Labute approximate surface area is 124 Å². The second-order valence-electron chi connectivity index (χ2n) is 4.66. The Morgan fingerprint density at radius 1 is 1.05 bits per heavy atom. The lowest BCUT2D eigenvalue weighted by atomic mass is 10.1. The summed E-state index contributed by atoms with van der Waals surface area (Å²) >= 11 is 3.36. The zero-order valence-corrected chi connectivity index (χ0v) is 13.1. The van der Waals surface area contributed by atoms with Gasteiger partial charge in [-0.2, -0.15) is 0 Å². The molecule has 3 nitrogen and oxygen atoms in total. The van der Waals surface area contributed by atoms with E-state index in [9.17, 15) is 4.79 Å². The zero-order chi connectivity index (χ0) is 13.9. The number of benzene rings is 1. The van der Waals surface area contributed by atoms with Crippen molar-refractivity contribution < 1.29 is 4.79 Å². The molecule has 106 valence electrons. The quantitative estimate of drug-likeness (QED) is 0.653. The molecule has 0 bridgehead atoms. The van der Waals surface area contributed by atoms with Crippen molar-refractivity contribution in [2.45, 2.75) is 45.4 Å². The van der Waals surface area contributed by atoms with Gasteiger partial charge in [-0.25, -0.2) is 4.79 Å². The van der Waals surface area contributed by atoms with Crippen molar-refractivity contribution in [1.29, 1.82) is 0 Å². The molecule has 4 heteroatoms. The van der Waals surface area contributed by atoms with E-state index < -0.39 is 0 Å². The number of nitrogens with one attached hydrogen (secondary N) is 2. The number of unbranched alkanes of at least 4 members (excludes halogenated alkanes) is 5. The van der Waals surface area contributed by atoms with E-state index in [0.29, 0.717) is 0 Å². The Balaban J connectivity index is 2.06. The van der Waals surface area contributed by atoms with Gasteiger partial charge in [0, 0.05) is 16.7 Å². The minimum atomic E-state index is -0.129. The molecule has 0 atom stereocenters. The van der Waals surface area contributed by atoms with Crippen LogP contribution in [0.5, 0.6) is 0 Å². The van der Waals surface area contributed by atoms with E-state index >= 15 is 0 Å². The Hall–Kier alpha value is -1.03. The summed E-state index contributed by atoms with van der Waals surface area (Å²) in [6.07, 6.45) is 7.41. The predicted octanol–water partition coefficient (Wildman–Crippen LogP) is 4.93. The first-order chi connectivity index (χ1) is 9.22. The van der Waals surface area contributed by atoms with Gasteiger partial charge < -0.3 is 10.6 Å². The summed E-state index contributed by atoms with van der Waals surface area (Å²) < 4.78 is 1.01. The van der Waals surface area contributed by atoms with Crippen molar-refractivity contribution in [2.24, 2.45) is 0 Å². The molecule has 2 N–H and O–H groups in total. The molecule has 0 aromatic heterocycles. The Morgan fingerprint density at radius 2 is 1.68 bits per heavy atom. The largest absolute Gasteiger partial charge is 0.338 e. The highest BCUT2D eigenvalue weighted by Crippen LogP contribution is 2.13. The maximum absolute atomic E-state index is 11.6. The fourth-order valence-electron chi connectivity index (χ4n) is 1.82. The molecule has 0 spiro atoms. The number of carbonyl (C=O) groups excluding carboxylic acids is 1. The van der Waals surface area contributed by atoms with E-state index in [2.05, 4.69) is 33.5 Å². The van der Waals surface area contributed by atoms with Crippen LogP contribution in [0, 0.1) is 0 Å². The summed E-state index contributed by atoms with van der Waals surface area (Å²) in [7, 11) is 0. The molecule has 0 unspecified atom stereocenters. The van der Waals surface area contributed by atoms with E-state index in [-0.39, 0.29) is 6.03 Å². The topological polar surface area (TPSA) is 41.1 Å². The highest BCUT2D eigenvalue weighted by molar-refractivity contribution is 9.10. The van der Waals surface area contributed by atoms with Gasteiger partial charge in [0.2, 0.25) is 0 Å². The maximum atomic E-state index is 11.6. The van der Waals surface area contributed by atoms with Gasteiger partial charge >= 0.3 is 6.03 Å². The van der Waals surface area contributed by atoms with Gasteiger partial charge in [-0.15, -0.1) is 0 Å². The number of rotatable bonds is 8. The molecule has 0 aliphatic heterocycles. The minimum Gasteiger partial charge on any atom is -0.338 e. The van der Waals surface area contributed by atoms with Crippen LogP contribution in [0.2, 0.25) is 0 Å². The number of anilines is 1. The molecule has 0 aliphatic rings. The first-order valence-electron chi connectivity index (χ1n) is 7.03. The van der Waals surface area contributed by atoms with E-state index in [0.717, 1.165) is 23.1 Å². The van der Waals surface area contributed by atoms with Crippen molar-refractivity contribution in [3.8, 4) is 0 Å². The van der Waals surface area contributed by atoms with Crippen molar-refractivity contribution in [3.05, 3.63) is 28.7 Å². The summed E-state index contributed by atoms with van der Waals surface area (Å²) in [4.78, 5) is 11.6. The first-order valence-corrected chi connectivity index (χ1v) is 7.82. The first kappa shape index (κ1) is 16.0. The number of halogens is 1. The lowest BCUT2D eigenvalue weighted by Crippen LogP contribution is -2.29. The van der Waals surface area contributed by atoms with Crippen molar-refractivity contribution in [1.82, 2.24) is 5.32 Å². The molecular formula is C15H23BrN2O. The number of hydrogen-bond acceptors (Lipinski definition) is 1. The van der Waals surface area contributed by atoms with Gasteiger partial charge in [-0.3, -0.25) is 0 Å². The summed E-state index contributed by atoms with van der Waals surface area (Å²) in [6, 6.07) is 7.42. The molecule has 1 aromatic carbocycles. The fraction of sp³-hybridized carbons (Fsp3) is 0.533. The SMILES string of the molecule is CCCCCCCCNC(=O)Nc1ccc(Br)cc1. The highest BCUT2D eigenvalue weighted by Gasteiger charge is 2.00. The van der Waals surface area contributed by atoms with Crippen molar-refractivity contribution in [2.75, 3.05) is 11.9 Å². The van der Waals surface area contributed by atoms with Crippen molar-refractivity contribution in [3.63, 3.8) is 0 Å². The summed E-state index contributed by atoms with van der Waals surface area (Å²) in [5.41, 5.74) is 0.809. The minimum absolute atomic E-state index is 0.129. The van der Waals surface area contributed by atoms with Crippen LogP contribution < -0.4 is 10.6 Å². The molecule has 2 amide bonds. The van der Waals surface area contributed by atoms with E-state index in [1.54, 1.807) is 0 Å². The summed E-state index contributed by atoms with van der Waals surface area (Å²) in [5, 5.41) is 5.68. The lowest BCUT2D eigenvalue weighted by molar-refractivity contribution is 0.252. The molecule has 0 radical (unpaired) electrons. The van der Waals surface area contributed by atoms with Crippen LogP contribution in [-0.2, 0) is 0 Å². The molecular weight excluding hydrogens is 304 g/mol. The van der Waals surface area contributed by atoms with Gasteiger partial charge in [-0.05, 0) is 30.7 Å². The average molecular weight is 327 g/mol. The van der Waals surface area contributed by atoms with E-state index in [4.69, 9.17) is 0 Å². The van der Waals surface area contributed by atoms with Gasteiger partial charge in [-0.1, -0.05) is 55.0 Å². The Morgan fingerprint density at radius 3 is 2.37 bits per heavy atom. The lowest BCUT2D eigenvalue weighted by Gasteiger charge is -2.07. The van der Waals surface area contributed by atoms with Crippen LogP contribution >= 0.6 is 15.9 Å². The van der Waals surface area contributed by atoms with Crippen LogP contribution in [0.15, 0.2) is 28.7 Å². The number of hydrogen-bond donors (Lipinski definition) is 2. The standard InChI is InChI=1S/C15H23BrN2O/c1-2-3-4-5-6-7-12-17-15(19)18-14-10-8-13(16)9-11-14/h8-11H,2-7,12H2,1H3,(H2,17,18,19). The molecule has 0 fully saturated rings. The summed E-state index contributed by atoms with van der Waals surface area (Å²) in [6.45, 7) is 2.96. The van der Waals surface area contributed by atoms with Gasteiger partial charge in [0.25, 0.3) is 0 Å². The monoisotopic (exact) mass is 326 g/mol. The molecule has 0 saturated carbocycles. The molecule has 0 saturated heterocycles. The molecule has 1 rings (SSSR count). The van der Waals surface area contributed by atoms with Crippen LogP contribution in [0.3, 0.4) is 0 Å². The third-order valence-corrected chi connectivity index (χ3v) is 3.45. The molecule has 19 heavy (non-hydrogen) atoms. The molecule has 0 heterocycles. The van der Waals surface area contributed by atoms with Crippen LogP contribution in [0.1, 0.15) is 45.4 Å². The van der Waals surface area contributed by atoms with Gasteiger partial charge in [0.15, 0.2) is 0 Å². The predicted molar refractivity (Wildman–Crippen MR) is 84.5 cm³/mol. The summed E-state index contributed by atoms with van der Waals surface area (Å²) in [5.74, 6) is 0. The Bertz CT molecular complexity index is 365. The second-order valence-corrected chi connectivity index (χ2v) is 5.57. The molecule has 0 aliphatic carbocycles. The number of amides is 2. The van der Waals surface area contributed by atoms with Crippen LogP contribution in [-0.4, -0.2) is 12.6 Å². The number of carbonyl (C=O) groups is 1. The van der Waals surface area contributed by atoms with Gasteiger partial charge in [0.1, 0.15) is 0 Å². The number of urea groups is 1. The average Bonchev–Trinajstić information content (AvgIpc) is 2.40. The smallest absolute Gasteiger partial charge is 0.319 e. The van der Waals surface area contributed by atoms with Crippen LogP contribution in [0.4, 0.5) is 10.5 Å². The van der Waals surface area contributed by atoms with Gasteiger partial charge in [0.05, 0.1) is 0 Å².